The van der Waals surface area contributed by atoms with Gasteiger partial charge < -0.3 is 20.4 Å². The van der Waals surface area contributed by atoms with E-state index >= 15 is 0 Å². The highest BCUT2D eigenvalue weighted by Crippen LogP contribution is 2.03. The molecule has 0 radical (unpaired) electrons. The van der Waals surface area contributed by atoms with Crippen LogP contribution in [-0.2, 0) is 9.59 Å². The molecule has 0 aliphatic carbocycles. The van der Waals surface area contributed by atoms with Crippen molar-refractivity contribution in [3.05, 3.63) is 0 Å². The molecule has 4 N–H and O–H groups in total. The van der Waals surface area contributed by atoms with Gasteiger partial charge in [0.25, 0.3) is 0 Å². The van der Waals surface area contributed by atoms with E-state index in [4.69, 9.17) is 20.4 Å². The molecule has 0 saturated carbocycles. The number of carbonyl (C=O) groups is 2. The second-order valence-electron chi connectivity index (χ2n) is 2.33. The van der Waals surface area contributed by atoms with Crippen LogP contribution in [0.4, 0.5) is 0 Å². The fraction of sp³-hybridized carbons (Fsp3) is 0.667. The van der Waals surface area contributed by atoms with Crippen LogP contribution in [0.15, 0.2) is 0 Å². The zero-order valence-electron chi connectivity index (χ0n) is 6.17. The van der Waals surface area contributed by atoms with E-state index in [9.17, 15) is 9.59 Å². The molecule has 0 rings (SSSR count). The molecular formula is C6H10O6. The number of carboxylic acid groups (broad SMARTS) is 2. The van der Waals surface area contributed by atoms with E-state index in [0.29, 0.717) is 0 Å². The molecule has 0 aliphatic rings. The summed E-state index contributed by atoms with van der Waals surface area (Å²) in [6.07, 6.45) is -4.37. The predicted octanol–water partition coefficient (Wildman–Crippen LogP) is -1.34. The van der Waals surface area contributed by atoms with Crippen molar-refractivity contribution in [2.75, 3.05) is 0 Å². The van der Waals surface area contributed by atoms with Crippen molar-refractivity contribution >= 4 is 11.9 Å². The fourth-order valence-electron chi connectivity index (χ4n) is 0.630. The van der Waals surface area contributed by atoms with Crippen LogP contribution in [-0.4, -0.2) is 44.6 Å². The third kappa shape index (κ3) is 4.64. The number of aliphatic hydroxyl groups is 2. The van der Waals surface area contributed by atoms with Crippen molar-refractivity contribution in [2.24, 2.45) is 0 Å². The first-order chi connectivity index (χ1) is 5.43. The molecular weight excluding hydrogens is 168 g/mol. The van der Waals surface area contributed by atoms with E-state index in [-0.39, 0.29) is 0 Å². The smallest absolute Gasteiger partial charge is 0.306 e. The second kappa shape index (κ2) is 4.68. The molecule has 0 aromatic carbocycles. The van der Waals surface area contributed by atoms with Crippen LogP contribution < -0.4 is 0 Å². The highest BCUT2D eigenvalue weighted by atomic mass is 16.4. The van der Waals surface area contributed by atoms with E-state index in [1.807, 2.05) is 0 Å². The minimum Gasteiger partial charge on any atom is -0.481 e. The van der Waals surface area contributed by atoms with Gasteiger partial charge in [0.15, 0.2) is 0 Å². The summed E-state index contributed by atoms with van der Waals surface area (Å²) in [6.45, 7) is 0. The largest absolute Gasteiger partial charge is 0.481 e. The molecule has 6 heteroatoms. The van der Waals surface area contributed by atoms with Gasteiger partial charge in [-0.2, -0.15) is 0 Å². The van der Waals surface area contributed by atoms with Crippen LogP contribution >= 0.6 is 0 Å². The predicted molar refractivity (Wildman–Crippen MR) is 36.5 cm³/mol. The van der Waals surface area contributed by atoms with Crippen molar-refractivity contribution in [1.29, 1.82) is 0 Å². The molecule has 0 fully saturated rings. The molecule has 0 spiro atoms. The molecule has 0 aromatic rings. The van der Waals surface area contributed by atoms with Gasteiger partial charge in [-0.1, -0.05) is 0 Å². The molecule has 0 aliphatic heterocycles. The van der Waals surface area contributed by atoms with Crippen LogP contribution in [0, 0.1) is 0 Å². The first-order valence-electron chi connectivity index (χ1n) is 3.23. The summed E-state index contributed by atoms with van der Waals surface area (Å²) in [5, 5.41) is 34.0. The molecule has 6 nitrogen and oxygen atoms in total. The number of hydrogen-bond acceptors (Lipinski definition) is 4. The summed E-state index contributed by atoms with van der Waals surface area (Å²) in [5.41, 5.74) is 0. The van der Waals surface area contributed by atoms with Gasteiger partial charge in [-0.05, 0) is 0 Å². The molecule has 12 heavy (non-hydrogen) atoms. The number of carboxylic acids is 2. The Kier molecular flexibility index (Phi) is 4.24. The molecule has 0 heterocycles. The Bertz CT molecular complexity index is 157. The number of aliphatic hydroxyl groups excluding tert-OH is 2. The maximum absolute atomic E-state index is 9.98. The summed E-state index contributed by atoms with van der Waals surface area (Å²) in [6, 6.07) is 0. The van der Waals surface area contributed by atoms with Gasteiger partial charge in [0.2, 0.25) is 0 Å². The van der Waals surface area contributed by atoms with Gasteiger partial charge in [0, 0.05) is 0 Å². The van der Waals surface area contributed by atoms with Gasteiger partial charge in [0.1, 0.15) is 0 Å². The molecule has 0 amide bonds. The molecule has 0 unspecified atom stereocenters. The summed E-state index contributed by atoms with van der Waals surface area (Å²) >= 11 is 0. The Morgan fingerprint density at radius 1 is 0.917 bits per heavy atom. The van der Waals surface area contributed by atoms with E-state index in [0.717, 1.165) is 0 Å². The standard InChI is InChI=1S/C6H10O6/c7-3(1-5(9)10)4(8)2-6(11)12/h3-4,7-8H,1-2H2,(H,9,10)(H,11,12)/t3-,4-/m0/s1. The van der Waals surface area contributed by atoms with Crippen LogP contribution in [0.1, 0.15) is 12.8 Å². The number of rotatable bonds is 5. The SMILES string of the molecule is O=C(O)C[C@H](O)[C@@H](O)CC(=O)O. The quantitative estimate of drug-likeness (QED) is 0.414. The topological polar surface area (TPSA) is 115 Å². The highest BCUT2D eigenvalue weighted by molar-refractivity contribution is 5.69. The van der Waals surface area contributed by atoms with Crippen LogP contribution in [0.25, 0.3) is 0 Å². The van der Waals surface area contributed by atoms with Gasteiger partial charge in [0.05, 0.1) is 25.0 Å². The van der Waals surface area contributed by atoms with Crippen LogP contribution in [0.2, 0.25) is 0 Å². The van der Waals surface area contributed by atoms with Crippen molar-refractivity contribution in [2.45, 2.75) is 25.0 Å². The Morgan fingerprint density at radius 2 is 1.17 bits per heavy atom. The number of hydrogen-bond donors (Lipinski definition) is 4. The van der Waals surface area contributed by atoms with Crippen LogP contribution in [0.3, 0.4) is 0 Å². The second-order valence-corrected chi connectivity index (χ2v) is 2.33. The van der Waals surface area contributed by atoms with E-state index < -0.39 is 37.0 Å². The summed E-state index contributed by atoms with van der Waals surface area (Å²) in [5.74, 6) is -2.57. The summed E-state index contributed by atoms with van der Waals surface area (Å²) in [7, 11) is 0. The van der Waals surface area contributed by atoms with Crippen molar-refractivity contribution in [3.63, 3.8) is 0 Å². The first kappa shape index (κ1) is 10.9. The lowest BCUT2D eigenvalue weighted by atomic mass is 10.1. The highest BCUT2D eigenvalue weighted by Gasteiger charge is 2.21. The molecule has 2 atom stereocenters. The minimum absolute atomic E-state index is 0.658. The zero-order chi connectivity index (χ0) is 9.72. The lowest BCUT2D eigenvalue weighted by Gasteiger charge is -2.13. The van der Waals surface area contributed by atoms with E-state index in [1.54, 1.807) is 0 Å². The zero-order valence-corrected chi connectivity index (χ0v) is 6.17. The minimum atomic E-state index is -1.53. The third-order valence-corrected chi connectivity index (χ3v) is 1.21. The lowest BCUT2D eigenvalue weighted by molar-refractivity contribution is -0.146. The Hall–Kier alpha value is -1.14. The number of aliphatic carboxylic acids is 2. The van der Waals surface area contributed by atoms with Crippen molar-refractivity contribution in [1.82, 2.24) is 0 Å². The molecule has 0 aromatic heterocycles. The lowest BCUT2D eigenvalue weighted by Crippen LogP contribution is -2.30. The van der Waals surface area contributed by atoms with E-state index in [2.05, 4.69) is 0 Å². The van der Waals surface area contributed by atoms with Gasteiger partial charge in [-0.15, -0.1) is 0 Å². The molecule has 0 saturated heterocycles. The van der Waals surface area contributed by atoms with Gasteiger partial charge in [-0.25, -0.2) is 0 Å². The maximum Gasteiger partial charge on any atom is 0.306 e. The third-order valence-electron chi connectivity index (χ3n) is 1.21. The van der Waals surface area contributed by atoms with Crippen molar-refractivity contribution < 1.29 is 30.0 Å². The maximum atomic E-state index is 9.98. The van der Waals surface area contributed by atoms with Gasteiger partial charge >= 0.3 is 11.9 Å². The fourth-order valence-corrected chi connectivity index (χ4v) is 0.630. The Labute approximate surface area is 68.1 Å². The van der Waals surface area contributed by atoms with Crippen molar-refractivity contribution in [3.8, 4) is 0 Å². The molecule has 0 bridgehead atoms. The van der Waals surface area contributed by atoms with Crippen LogP contribution in [0.5, 0.6) is 0 Å². The monoisotopic (exact) mass is 178 g/mol. The Morgan fingerprint density at radius 3 is 1.33 bits per heavy atom. The molecule has 70 valence electrons. The average molecular weight is 178 g/mol. The normalized spacial score (nSPS) is 15.2. The van der Waals surface area contributed by atoms with E-state index in [1.165, 1.54) is 0 Å². The summed E-state index contributed by atoms with van der Waals surface area (Å²) < 4.78 is 0. The van der Waals surface area contributed by atoms with Gasteiger partial charge in [-0.3, -0.25) is 9.59 Å². The Balaban J connectivity index is 3.83. The first-order valence-corrected chi connectivity index (χ1v) is 3.23. The average Bonchev–Trinajstić information content (AvgIpc) is 1.84. The summed E-state index contributed by atoms with van der Waals surface area (Å²) in [4.78, 5) is 20.0.